The minimum atomic E-state index is -0.329. The highest BCUT2D eigenvalue weighted by molar-refractivity contribution is 5.85. The van der Waals surface area contributed by atoms with Crippen LogP contribution in [0.3, 0.4) is 0 Å². The molecule has 0 spiro atoms. The highest BCUT2D eigenvalue weighted by atomic mass is 16.4. The summed E-state index contributed by atoms with van der Waals surface area (Å²) in [4.78, 5) is 13.5. The van der Waals surface area contributed by atoms with Gasteiger partial charge in [0.2, 0.25) is 5.91 Å². The largest absolute Gasteiger partial charge is 0.409 e. The third-order valence-corrected chi connectivity index (χ3v) is 3.45. The smallest absolute Gasteiger partial charge is 0.239 e. The third-order valence-electron chi connectivity index (χ3n) is 3.45. The maximum absolute atomic E-state index is 11.8. The lowest BCUT2D eigenvalue weighted by Crippen LogP contribution is -2.43. The number of hydrogen-bond acceptors (Lipinski definition) is 4. The van der Waals surface area contributed by atoms with Gasteiger partial charge in [0.25, 0.3) is 0 Å². The quantitative estimate of drug-likeness (QED) is 0.202. The molecular formula is C13H28N4O2. The van der Waals surface area contributed by atoms with Gasteiger partial charge in [0.15, 0.2) is 0 Å². The molecule has 19 heavy (non-hydrogen) atoms. The maximum atomic E-state index is 11.8. The van der Waals surface area contributed by atoms with Crippen molar-refractivity contribution in [2.75, 3.05) is 20.1 Å². The van der Waals surface area contributed by atoms with Crippen molar-refractivity contribution in [2.24, 2.45) is 16.3 Å². The zero-order chi connectivity index (χ0) is 15.1. The van der Waals surface area contributed by atoms with E-state index in [1.165, 1.54) is 0 Å². The van der Waals surface area contributed by atoms with E-state index in [9.17, 15) is 4.79 Å². The van der Waals surface area contributed by atoms with Gasteiger partial charge in [-0.2, -0.15) is 0 Å². The Morgan fingerprint density at radius 2 is 2.11 bits per heavy atom. The van der Waals surface area contributed by atoms with E-state index in [-0.39, 0.29) is 23.2 Å². The van der Waals surface area contributed by atoms with Gasteiger partial charge in [0.05, 0.1) is 6.04 Å². The summed E-state index contributed by atoms with van der Waals surface area (Å²) in [5.74, 6) is 0.334. The molecule has 0 bridgehead atoms. The van der Waals surface area contributed by atoms with Crippen molar-refractivity contribution in [1.82, 2.24) is 10.2 Å². The van der Waals surface area contributed by atoms with Crippen molar-refractivity contribution < 1.29 is 10.0 Å². The predicted molar refractivity (Wildman–Crippen MR) is 77.2 cm³/mol. The Morgan fingerprint density at radius 3 is 2.58 bits per heavy atom. The molecule has 4 N–H and O–H groups in total. The summed E-state index contributed by atoms with van der Waals surface area (Å²) in [6.45, 7) is 9.12. The molecular weight excluding hydrogens is 244 g/mol. The van der Waals surface area contributed by atoms with E-state index < -0.39 is 0 Å². The van der Waals surface area contributed by atoms with Gasteiger partial charge in [-0.25, -0.2) is 0 Å². The van der Waals surface area contributed by atoms with Crippen LogP contribution in [0.4, 0.5) is 0 Å². The molecule has 0 aliphatic heterocycles. The first kappa shape index (κ1) is 17.7. The molecule has 1 unspecified atom stereocenters. The highest BCUT2D eigenvalue weighted by Crippen LogP contribution is 2.21. The molecule has 0 aliphatic rings. The Kier molecular flexibility index (Phi) is 7.44. The van der Waals surface area contributed by atoms with Crippen LogP contribution in [-0.4, -0.2) is 48.0 Å². The Labute approximate surface area is 116 Å². The molecule has 0 rings (SSSR count). The molecule has 0 saturated heterocycles. The minimum Gasteiger partial charge on any atom is -0.409 e. The second-order valence-electron chi connectivity index (χ2n) is 5.50. The van der Waals surface area contributed by atoms with E-state index in [1.807, 2.05) is 27.7 Å². The molecule has 0 saturated carbocycles. The summed E-state index contributed by atoms with van der Waals surface area (Å²) >= 11 is 0. The zero-order valence-corrected chi connectivity index (χ0v) is 12.7. The molecule has 1 atom stereocenters. The summed E-state index contributed by atoms with van der Waals surface area (Å²) in [6, 6.07) is -0.183. The second kappa shape index (κ2) is 7.99. The molecule has 0 radical (unpaired) electrons. The molecule has 0 aromatic carbocycles. The molecule has 0 heterocycles. The Hall–Kier alpha value is -1.30. The molecule has 112 valence electrons. The van der Waals surface area contributed by atoms with Crippen molar-refractivity contribution in [3.8, 4) is 0 Å². The van der Waals surface area contributed by atoms with Crippen molar-refractivity contribution in [2.45, 2.75) is 46.6 Å². The summed E-state index contributed by atoms with van der Waals surface area (Å²) < 4.78 is 0. The first-order chi connectivity index (χ1) is 8.76. The fourth-order valence-corrected chi connectivity index (χ4v) is 1.69. The first-order valence-corrected chi connectivity index (χ1v) is 6.72. The zero-order valence-electron chi connectivity index (χ0n) is 12.7. The van der Waals surface area contributed by atoms with E-state index in [0.717, 1.165) is 19.4 Å². The predicted octanol–water partition coefficient (Wildman–Crippen LogP) is 0.996. The van der Waals surface area contributed by atoms with Crippen LogP contribution in [0.25, 0.3) is 0 Å². The number of nitrogens with two attached hydrogens (primary N) is 1. The number of amidine groups is 1. The van der Waals surface area contributed by atoms with Gasteiger partial charge in [0, 0.05) is 19.0 Å². The van der Waals surface area contributed by atoms with E-state index in [2.05, 4.69) is 10.5 Å². The van der Waals surface area contributed by atoms with Crippen LogP contribution in [0, 0.1) is 5.41 Å². The number of carbonyl (C=O) groups is 1. The van der Waals surface area contributed by atoms with Gasteiger partial charge in [-0.05, 0) is 33.2 Å². The van der Waals surface area contributed by atoms with Gasteiger partial charge in [-0.15, -0.1) is 0 Å². The summed E-state index contributed by atoms with van der Waals surface area (Å²) in [5.41, 5.74) is 5.29. The number of oxime groups is 1. The van der Waals surface area contributed by atoms with Gasteiger partial charge in [0.1, 0.15) is 5.84 Å². The number of nitrogens with zero attached hydrogens (tertiary/aromatic N) is 2. The average Bonchev–Trinajstić information content (AvgIpc) is 2.40. The van der Waals surface area contributed by atoms with Crippen molar-refractivity contribution in [1.29, 1.82) is 0 Å². The highest BCUT2D eigenvalue weighted by Gasteiger charge is 2.23. The van der Waals surface area contributed by atoms with Gasteiger partial charge in [-0.3, -0.25) is 4.79 Å². The van der Waals surface area contributed by atoms with Crippen molar-refractivity contribution >= 4 is 11.7 Å². The van der Waals surface area contributed by atoms with E-state index in [1.54, 1.807) is 11.9 Å². The van der Waals surface area contributed by atoms with Crippen LogP contribution in [0.2, 0.25) is 0 Å². The lowest BCUT2D eigenvalue weighted by Gasteiger charge is -2.24. The lowest BCUT2D eigenvalue weighted by molar-refractivity contribution is -0.131. The van der Waals surface area contributed by atoms with Crippen LogP contribution in [0.1, 0.15) is 40.5 Å². The lowest BCUT2D eigenvalue weighted by atomic mass is 9.86. The van der Waals surface area contributed by atoms with Gasteiger partial charge in [-0.1, -0.05) is 19.0 Å². The van der Waals surface area contributed by atoms with Crippen molar-refractivity contribution in [3.05, 3.63) is 0 Å². The van der Waals surface area contributed by atoms with Crippen LogP contribution in [-0.2, 0) is 4.79 Å². The molecule has 0 aliphatic carbocycles. The Balaban J connectivity index is 4.02. The monoisotopic (exact) mass is 272 g/mol. The van der Waals surface area contributed by atoms with Crippen LogP contribution < -0.4 is 11.1 Å². The SMILES string of the molecule is CCN(C)C(=O)C(C)NCCCC(C)(C)C(N)=NO. The second-order valence-corrected chi connectivity index (χ2v) is 5.50. The van der Waals surface area contributed by atoms with E-state index >= 15 is 0 Å². The molecule has 6 heteroatoms. The number of likely N-dealkylation sites (N-methyl/N-ethyl adjacent to an activating group) is 1. The third kappa shape index (κ3) is 5.92. The molecule has 1 amide bonds. The van der Waals surface area contributed by atoms with Crippen LogP contribution in [0.15, 0.2) is 5.16 Å². The normalized spacial score (nSPS) is 14.3. The number of rotatable bonds is 8. The maximum Gasteiger partial charge on any atom is 0.239 e. The minimum absolute atomic E-state index is 0.0956. The number of hydrogen-bond donors (Lipinski definition) is 3. The standard InChI is InChI=1S/C13H28N4O2/c1-6-17(5)11(18)10(2)15-9-7-8-13(3,4)12(14)16-19/h10,15,19H,6-9H2,1-5H3,(H2,14,16). The summed E-state index contributed by atoms with van der Waals surface area (Å²) in [6.07, 6.45) is 1.65. The summed E-state index contributed by atoms with van der Waals surface area (Å²) in [7, 11) is 1.79. The topological polar surface area (TPSA) is 91.0 Å². The van der Waals surface area contributed by atoms with Crippen LogP contribution >= 0.6 is 0 Å². The van der Waals surface area contributed by atoms with Gasteiger partial charge >= 0.3 is 0 Å². The Morgan fingerprint density at radius 1 is 1.53 bits per heavy atom. The van der Waals surface area contributed by atoms with E-state index in [4.69, 9.17) is 10.9 Å². The average molecular weight is 272 g/mol. The van der Waals surface area contributed by atoms with Crippen LogP contribution in [0.5, 0.6) is 0 Å². The Bertz CT molecular complexity index is 316. The van der Waals surface area contributed by atoms with E-state index in [0.29, 0.717) is 6.54 Å². The summed E-state index contributed by atoms with van der Waals surface area (Å²) in [5, 5.41) is 14.9. The fraction of sp³-hybridized carbons (Fsp3) is 0.846. The van der Waals surface area contributed by atoms with Crippen molar-refractivity contribution in [3.63, 3.8) is 0 Å². The number of nitrogens with one attached hydrogen (secondary N) is 1. The number of carbonyl (C=O) groups excluding carboxylic acids is 1. The molecule has 6 nitrogen and oxygen atoms in total. The number of amides is 1. The molecule has 0 aromatic rings. The van der Waals surface area contributed by atoms with Gasteiger partial charge < -0.3 is 21.2 Å². The molecule has 0 aromatic heterocycles. The fourth-order valence-electron chi connectivity index (χ4n) is 1.69. The first-order valence-electron chi connectivity index (χ1n) is 6.72. The molecule has 0 fully saturated rings.